The van der Waals surface area contributed by atoms with Gasteiger partial charge in [0.1, 0.15) is 6.20 Å². The van der Waals surface area contributed by atoms with Crippen LogP contribution in [0.1, 0.15) is 49.0 Å². The minimum absolute atomic E-state index is 0.0325. The van der Waals surface area contributed by atoms with Gasteiger partial charge in [-0.2, -0.15) is 0 Å². The largest absolute Gasteiger partial charge is 0.345 e. The van der Waals surface area contributed by atoms with Crippen LogP contribution in [0.4, 0.5) is 0 Å². The van der Waals surface area contributed by atoms with Gasteiger partial charge in [0.2, 0.25) is 0 Å². The summed E-state index contributed by atoms with van der Waals surface area (Å²) in [5, 5.41) is 10.3. The summed E-state index contributed by atoms with van der Waals surface area (Å²) < 4.78 is 4.50. The molecule has 0 atom stereocenters. The van der Waals surface area contributed by atoms with E-state index in [9.17, 15) is 4.79 Å². The number of amides is 1. The lowest BCUT2D eigenvalue weighted by Gasteiger charge is -2.56. The maximum absolute atomic E-state index is 12.1. The van der Waals surface area contributed by atoms with Crippen LogP contribution in [-0.4, -0.2) is 21.8 Å². The smallest absolute Gasteiger partial charge is 0.275 e. The molecule has 1 N–H and O–H groups in total. The van der Waals surface area contributed by atoms with E-state index in [1.54, 1.807) is 0 Å². The molecule has 1 amide bonds. The molecule has 5 heteroatoms. The predicted octanol–water partition coefficient (Wildman–Crippen LogP) is 1.77. The Hall–Kier alpha value is -1.39. The lowest BCUT2D eigenvalue weighted by molar-refractivity contribution is -0.0168. The topological polar surface area (TPSA) is 68.0 Å². The van der Waals surface area contributed by atoms with E-state index in [2.05, 4.69) is 20.3 Å². The number of rotatable bonds is 2. The van der Waals surface area contributed by atoms with Crippen molar-refractivity contribution in [2.75, 3.05) is 0 Å². The Balaban J connectivity index is 1.56. The molecule has 4 aliphatic carbocycles. The van der Waals surface area contributed by atoms with Gasteiger partial charge >= 0.3 is 0 Å². The Kier molecular flexibility index (Phi) is 2.08. The standard InChI is InChI=1S/C13H17N3O2/c17-12(11-7-14-18-16-11)15-13-4-8-1-9(5-13)3-10(2-8)6-13/h7-10H,1-6H2,(H,15,17). The molecule has 4 aliphatic rings. The number of aromatic nitrogens is 2. The second kappa shape index (κ2) is 3.56. The molecule has 4 fully saturated rings. The highest BCUT2D eigenvalue weighted by Crippen LogP contribution is 2.55. The molecule has 5 rings (SSSR count). The fraction of sp³-hybridized carbons (Fsp3) is 0.769. The average molecular weight is 247 g/mol. The van der Waals surface area contributed by atoms with Gasteiger partial charge in [-0.25, -0.2) is 4.63 Å². The number of nitrogens with zero attached hydrogens (tertiary/aromatic N) is 2. The summed E-state index contributed by atoms with van der Waals surface area (Å²) in [6, 6.07) is 0. The van der Waals surface area contributed by atoms with E-state index in [1.165, 1.54) is 25.5 Å². The third-order valence-electron chi connectivity index (χ3n) is 5.01. The number of nitrogens with one attached hydrogen (secondary N) is 1. The molecule has 0 aromatic carbocycles. The fourth-order valence-electron chi connectivity index (χ4n) is 4.83. The van der Waals surface area contributed by atoms with Crippen LogP contribution in [0.15, 0.2) is 10.8 Å². The van der Waals surface area contributed by atoms with E-state index in [1.807, 2.05) is 0 Å². The lowest BCUT2D eigenvalue weighted by Crippen LogP contribution is -2.59. The zero-order valence-electron chi connectivity index (χ0n) is 10.3. The van der Waals surface area contributed by atoms with Crippen molar-refractivity contribution in [1.29, 1.82) is 0 Å². The van der Waals surface area contributed by atoms with Crippen molar-refractivity contribution < 1.29 is 9.42 Å². The van der Waals surface area contributed by atoms with Crippen molar-refractivity contribution in [2.24, 2.45) is 17.8 Å². The maximum Gasteiger partial charge on any atom is 0.275 e. The average Bonchev–Trinajstić information content (AvgIpc) is 2.79. The van der Waals surface area contributed by atoms with Gasteiger partial charge in [0.15, 0.2) is 5.69 Å². The molecule has 0 radical (unpaired) electrons. The first-order chi connectivity index (χ1) is 8.72. The van der Waals surface area contributed by atoms with E-state index in [-0.39, 0.29) is 11.4 Å². The van der Waals surface area contributed by atoms with Crippen molar-refractivity contribution in [3.05, 3.63) is 11.9 Å². The first kappa shape index (κ1) is 10.5. The molecular formula is C13H17N3O2. The second-order valence-electron chi connectivity index (χ2n) is 6.44. The molecule has 0 aliphatic heterocycles. The fourth-order valence-corrected chi connectivity index (χ4v) is 4.83. The van der Waals surface area contributed by atoms with Gasteiger partial charge in [0, 0.05) is 5.54 Å². The Morgan fingerprint density at radius 1 is 1.22 bits per heavy atom. The van der Waals surface area contributed by atoms with Gasteiger partial charge in [-0.15, -0.1) is 0 Å². The number of hydrogen-bond acceptors (Lipinski definition) is 4. The van der Waals surface area contributed by atoms with Crippen LogP contribution in [-0.2, 0) is 0 Å². The molecule has 4 saturated carbocycles. The van der Waals surface area contributed by atoms with E-state index >= 15 is 0 Å². The molecule has 18 heavy (non-hydrogen) atoms. The van der Waals surface area contributed by atoms with Gasteiger partial charge in [0.25, 0.3) is 5.91 Å². The first-order valence-electron chi connectivity index (χ1n) is 6.82. The summed E-state index contributed by atoms with van der Waals surface area (Å²) >= 11 is 0. The van der Waals surface area contributed by atoms with Gasteiger partial charge < -0.3 is 5.32 Å². The summed E-state index contributed by atoms with van der Waals surface area (Å²) in [7, 11) is 0. The zero-order chi connectivity index (χ0) is 12.2. The molecule has 1 heterocycles. The molecule has 1 aromatic heterocycles. The summed E-state index contributed by atoms with van der Waals surface area (Å²) in [4.78, 5) is 12.1. The molecular weight excluding hydrogens is 230 g/mol. The summed E-state index contributed by atoms with van der Waals surface area (Å²) in [5.41, 5.74) is 0.330. The Morgan fingerprint density at radius 3 is 2.33 bits per heavy atom. The molecule has 0 spiro atoms. The summed E-state index contributed by atoms with van der Waals surface area (Å²) in [6.07, 6.45) is 8.96. The molecule has 5 nitrogen and oxygen atoms in total. The molecule has 4 bridgehead atoms. The van der Waals surface area contributed by atoms with Crippen molar-refractivity contribution in [1.82, 2.24) is 15.6 Å². The number of carbonyl (C=O) groups excluding carboxylic acids is 1. The quantitative estimate of drug-likeness (QED) is 0.864. The predicted molar refractivity (Wildman–Crippen MR) is 62.7 cm³/mol. The van der Waals surface area contributed by atoms with Crippen LogP contribution in [0, 0.1) is 17.8 Å². The van der Waals surface area contributed by atoms with Gasteiger partial charge in [-0.3, -0.25) is 4.79 Å². The third-order valence-corrected chi connectivity index (χ3v) is 5.01. The molecule has 0 saturated heterocycles. The molecule has 96 valence electrons. The van der Waals surface area contributed by atoms with Crippen molar-refractivity contribution in [3.63, 3.8) is 0 Å². The van der Waals surface area contributed by atoms with Crippen LogP contribution in [0.5, 0.6) is 0 Å². The van der Waals surface area contributed by atoms with E-state index in [0.29, 0.717) is 5.69 Å². The van der Waals surface area contributed by atoms with E-state index < -0.39 is 0 Å². The van der Waals surface area contributed by atoms with E-state index in [0.717, 1.165) is 37.0 Å². The van der Waals surface area contributed by atoms with Crippen LogP contribution < -0.4 is 5.32 Å². The van der Waals surface area contributed by atoms with Crippen molar-refractivity contribution in [2.45, 2.75) is 44.1 Å². The van der Waals surface area contributed by atoms with Gasteiger partial charge in [-0.1, -0.05) is 5.16 Å². The first-order valence-corrected chi connectivity index (χ1v) is 6.82. The van der Waals surface area contributed by atoms with Crippen molar-refractivity contribution in [3.8, 4) is 0 Å². The Morgan fingerprint density at radius 2 is 1.83 bits per heavy atom. The maximum atomic E-state index is 12.1. The van der Waals surface area contributed by atoms with E-state index in [4.69, 9.17) is 0 Å². The molecule has 1 aromatic rings. The van der Waals surface area contributed by atoms with Gasteiger partial charge in [-0.05, 0) is 61.4 Å². The normalized spacial score (nSPS) is 41.0. The minimum Gasteiger partial charge on any atom is -0.345 e. The Bertz CT molecular complexity index is 433. The highest BCUT2D eigenvalue weighted by atomic mass is 16.6. The lowest BCUT2D eigenvalue weighted by atomic mass is 9.53. The highest BCUT2D eigenvalue weighted by Gasteiger charge is 2.51. The molecule has 0 unspecified atom stereocenters. The monoisotopic (exact) mass is 247 g/mol. The Labute approximate surface area is 105 Å². The number of hydrogen-bond donors (Lipinski definition) is 1. The van der Waals surface area contributed by atoms with Crippen LogP contribution >= 0.6 is 0 Å². The summed E-state index contributed by atoms with van der Waals surface area (Å²) in [6.45, 7) is 0. The number of carbonyl (C=O) groups is 1. The third kappa shape index (κ3) is 1.56. The van der Waals surface area contributed by atoms with Crippen LogP contribution in [0.2, 0.25) is 0 Å². The highest BCUT2D eigenvalue weighted by molar-refractivity contribution is 5.92. The zero-order valence-corrected chi connectivity index (χ0v) is 10.3. The summed E-state index contributed by atoms with van der Waals surface area (Å²) in [5.74, 6) is 2.35. The van der Waals surface area contributed by atoms with Crippen LogP contribution in [0.3, 0.4) is 0 Å². The second-order valence-corrected chi connectivity index (χ2v) is 6.44. The van der Waals surface area contributed by atoms with Gasteiger partial charge in [0.05, 0.1) is 0 Å². The van der Waals surface area contributed by atoms with Crippen molar-refractivity contribution >= 4 is 5.91 Å². The minimum atomic E-state index is -0.127. The van der Waals surface area contributed by atoms with Crippen LogP contribution in [0.25, 0.3) is 0 Å². The SMILES string of the molecule is O=C(NC12CC3CC(CC(C3)C1)C2)c1cnon1.